The number of hydrogen-bond acceptors (Lipinski definition) is 5. The van der Waals surface area contributed by atoms with Gasteiger partial charge < -0.3 is 10.4 Å². The van der Waals surface area contributed by atoms with E-state index in [-0.39, 0.29) is 34.9 Å². The van der Waals surface area contributed by atoms with Gasteiger partial charge in [0.15, 0.2) is 0 Å². The molecule has 226 valence electrons. The van der Waals surface area contributed by atoms with Crippen LogP contribution in [0.2, 0.25) is 0 Å². The number of aromatic carboxylic acids is 1. The molecule has 0 aliphatic heterocycles. The second kappa shape index (κ2) is 11.6. The Morgan fingerprint density at radius 1 is 0.977 bits per heavy atom. The third-order valence-electron chi connectivity index (χ3n) is 7.39. The highest BCUT2D eigenvalue weighted by atomic mass is 32.2. The van der Waals surface area contributed by atoms with Crippen LogP contribution in [-0.4, -0.2) is 47.8 Å². The van der Waals surface area contributed by atoms with Crippen molar-refractivity contribution >= 4 is 33.1 Å². The average Bonchev–Trinajstić information content (AvgIpc) is 3.36. The van der Waals surface area contributed by atoms with Gasteiger partial charge in [-0.1, -0.05) is 42.5 Å². The predicted octanol–water partition coefficient (Wildman–Crippen LogP) is 5.96. The number of benzene rings is 3. The van der Waals surface area contributed by atoms with Crippen LogP contribution in [-0.2, 0) is 15.6 Å². The van der Waals surface area contributed by atoms with Crippen molar-refractivity contribution in [1.82, 2.24) is 14.9 Å². The molecule has 0 saturated heterocycles. The molecule has 9 nitrogen and oxygen atoms in total. The van der Waals surface area contributed by atoms with E-state index in [1.807, 2.05) is 44.2 Å². The van der Waals surface area contributed by atoms with Crippen molar-refractivity contribution in [1.29, 1.82) is 0 Å². The number of fused-ring (bicyclic) bond motifs is 1. The maximum atomic E-state index is 13.6. The van der Waals surface area contributed by atoms with Crippen LogP contribution in [0.15, 0.2) is 91.1 Å². The summed E-state index contributed by atoms with van der Waals surface area (Å²) in [5, 5.41) is 17.7. The molecular weight excluding hydrogens is 583 g/mol. The van der Waals surface area contributed by atoms with Gasteiger partial charge in [0.2, 0.25) is 10.0 Å². The number of rotatable bonds is 9. The van der Waals surface area contributed by atoms with Crippen LogP contribution >= 0.6 is 0 Å². The summed E-state index contributed by atoms with van der Waals surface area (Å²) in [5.41, 5.74) is 2.23. The van der Waals surface area contributed by atoms with E-state index in [1.54, 1.807) is 37.3 Å². The number of amides is 1. The lowest BCUT2D eigenvalue weighted by atomic mass is 9.93. The molecule has 3 aromatic carbocycles. The highest BCUT2D eigenvalue weighted by Crippen LogP contribution is 2.37. The zero-order valence-corrected chi connectivity index (χ0v) is 25.4. The largest absolute Gasteiger partial charge is 0.478 e. The molecule has 0 radical (unpaired) electrons. The second-order valence-corrected chi connectivity index (χ2v) is 12.8. The van der Waals surface area contributed by atoms with Gasteiger partial charge in [0.05, 0.1) is 29.2 Å². The van der Waals surface area contributed by atoms with Crippen LogP contribution in [0.4, 0.5) is 10.1 Å². The Morgan fingerprint density at radius 3 is 2.27 bits per heavy atom. The second-order valence-electron chi connectivity index (χ2n) is 10.9. The van der Waals surface area contributed by atoms with E-state index in [0.29, 0.717) is 22.3 Å². The van der Waals surface area contributed by atoms with Gasteiger partial charge in [0, 0.05) is 23.2 Å². The molecule has 11 heteroatoms. The summed E-state index contributed by atoms with van der Waals surface area (Å²) in [4.78, 5) is 26.0. The van der Waals surface area contributed by atoms with Gasteiger partial charge >= 0.3 is 5.97 Å². The van der Waals surface area contributed by atoms with Crippen LogP contribution in [0.1, 0.15) is 47.1 Å². The first kappa shape index (κ1) is 30.4. The van der Waals surface area contributed by atoms with Crippen molar-refractivity contribution in [2.75, 3.05) is 17.1 Å². The molecule has 0 spiro atoms. The van der Waals surface area contributed by atoms with E-state index in [2.05, 4.69) is 10.4 Å². The zero-order valence-electron chi connectivity index (χ0n) is 24.6. The number of pyridine rings is 1. The van der Waals surface area contributed by atoms with E-state index in [1.165, 1.54) is 39.3 Å². The van der Waals surface area contributed by atoms with Crippen molar-refractivity contribution in [3.05, 3.63) is 114 Å². The molecule has 5 rings (SSSR count). The topological polar surface area (TPSA) is 121 Å². The van der Waals surface area contributed by atoms with Crippen molar-refractivity contribution in [3.63, 3.8) is 0 Å². The number of nitrogens with one attached hydrogen (secondary N) is 1. The molecule has 0 atom stereocenters. The number of anilines is 1. The smallest absolute Gasteiger partial charge is 0.340 e. The van der Waals surface area contributed by atoms with E-state index in [0.717, 1.165) is 11.8 Å². The van der Waals surface area contributed by atoms with Gasteiger partial charge in [-0.2, -0.15) is 5.10 Å². The van der Waals surface area contributed by atoms with Crippen LogP contribution < -0.4 is 9.62 Å². The Morgan fingerprint density at radius 2 is 1.66 bits per heavy atom. The lowest BCUT2D eigenvalue weighted by Gasteiger charge is -2.27. The lowest BCUT2D eigenvalue weighted by molar-refractivity contribution is 0.0699. The highest BCUT2D eigenvalue weighted by Gasteiger charge is 2.27. The number of sulfonamides is 1. The Hall–Kier alpha value is -5.03. The van der Waals surface area contributed by atoms with Gasteiger partial charge in [0.1, 0.15) is 17.1 Å². The summed E-state index contributed by atoms with van der Waals surface area (Å²) >= 11 is 0. The highest BCUT2D eigenvalue weighted by molar-refractivity contribution is 7.92. The molecule has 2 heterocycles. The number of halogens is 1. The first-order valence-corrected chi connectivity index (χ1v) is 15.7. The Balaban J connectivity index is 1.69. The molecular formula is C33H31FN4O5S. The van der Waals surface area contributed by atoms with Crippen LogP contribution in [0, 0.1) is 5.82 Å². The average molecular weight is 615 g/mol. The molecule has 0 fully saturated rings. The molecule has 0 aliphatic carbocycles. The summed E-state index contributed by atoms with van der Waals surface area (Å²) < 4.78 is 41.9. The first-order valence-electron chi connectivity index (χ1n) is 13.8. The van der Waals surface area contributed by atoms with Crippen molar-refractivity contribution in [2.45, 2.75) is 26.3 Å². The quantitative estimate of drug-likeness (QED) is 0.212. The first-order chi connectivity index (χ1) is 20.8. The third-order valence-corrected chi connectivity index (χ3v) is 8.65. The number of carbonyl (C=O) groups is 2. The summed E-state index contributed by atoms with van der Waals surface area (Å²) in [6, 6.07) is 23.1. The number of nitrogens with zero attached hydrogens (tertiary/aromatic N) is 3. The minimum absolute atomic E-state index is 0.0840. The number of carbonyl (C=O) groups excluding carboxylic acids is 1. The van der Waals surface area contributed by atoms with Crippen molar-refractivity contribution < 1.29 is 27.5 Å². The lowest BCUT2D eigenvalue weighted by Crippen LogP contribution is -2.40. The minimum atomic E-state index is -3.77. The summed E-state index contributed by atoms with van der Waals surface area (Å²) in [5.74, 6) is -2.08. The summed E-state index contributed by atoms with van der Waals surface area (Å²) in [6.45, 7) is 5.56. The maximum Gasteiger partial charge on any atom is 0.340 e. The normalized spacial score (nSPS) is 11.8. The number of hydrogen-bond donors (Lipinski definition) is 2. The molecule has 0 saturated carbocycles. The fourth-order valence-electron chi connectivity index (χ4n) is 5.23. The number of aromatic nitrogens is 2. The van der Waals surface area contributed by atoms with Gasteiger partial charge in [0.25, 0.3) is 5.91 Å². The van der Waals surface area contributed by atoms with Crippen LogP contribution in [0.25, 0.3) is 27.9 Å². The fraction of sp³-hybridized carbons (Fsp3) is 0.182. The van der Waals surface area contributed by atoms with Gasteiger partial charge in [-0.25, -0.2) is 22.1 Å². The zero-order chi connectivity index (χ0) is 31.8. The Kier molecular flexibility index (Phi) is 8.00. The van der Waals surface area contributed by atoms with E-state index in [4.69, 9.17) is 0 Å². The Labute approximate surface area is 254 Å². The Bertz CT molecular complexity index is 1990. The van der Waals surface area contributed by atoms with E-state index < -0.39 is 27.3 Å². The number of carboxylic acid groups (broad SMARTS) is 1. The molecule has 1 amide bonds. The van der Waals surface area contributed by atoms with Gasteiger partial charge in [-0.15, -0.1) is 0 Å². The summed E-state index contributed by atoms with van der Waals surface area (Å²) in [6.07, 6.45) is 2.54. The van der Waals surface area contributed by atoms with Gasteiger partial charge in [-0.3, -0.25) is 9.10 Å². The molecule has 5 aromatic rings. The van der Waals surface area contributed by atoms with Crippen molar-refractivity contribution in [3.8, 4) is 22.4 Å². The third kappa shape index (κ3) is 5.91. The molecule has 2 aromatic heterocycles. The van der Waals surface area contributed by atoms with E-state index in [9.17, 15) is 27.5 Å². The van der Waals surface area contributed by atoms with Crippen molar-refractivity contribution in [2.24, 2.45) is 0 Å². The number of carboxylic acids is 1. The summed E-state index contributed by atoms with van der Waals surface area (Å²) in [7, 11) is -3.77. The molecule has 0 unspecified atom stereocenters. The monoisotopic (exact) mass is 614 g/mol. The maximum absolute atomic E-state index is 13.6. The van der Waals surface area contributed by atoms with Crippen LogP contribution in [0.5, 0.6) is 0 Å². The predicted molar refractivity (Wildman–Crippen MR) is 168 cm³/mol. The molecule has 0 aliphatic rings. The molecule has 44 heavy (non-hydrogen) atoms. The standard InChI is InChI=1S/C33H31FN4O5S/c1-5-38(44(4,42)43)28-20-37-27(29(32(40)41)30(36-37)21-14-16-25(34)17-15-21)19-26(28)22-10-9-11-23(18-22)31(39)35-33(2,3)24-12-7-6-8-13-24/h6-20H,5H2,1-4H3,(H,35,39)(H,40,41). The fourth-order valence-corrected chi connectivity index (χ4v) is 6.20. The van der Waals surface area contributed by atoms with Gasteiger partial charge in [-0.05, 0) is 74.4 Å². The van der Waals surface area contributed by atoms with E-state index >= 15 is 0 Å². The molecule has 2 N–H and O–H groups in total. The SMILES string of the molecule is CCN(c1cn2nc(-c3ccc(F)cc3)c(C(=O)O)c2cc1-c1cccc(C(=O)NC(C)(C)c2ccccc2)c1)S(C)(=O)=O. The van der Waals surface area contributed by atoms with Crippen LogP contribution in [0.3, 0.4) is 0 Å². The molecule has 0 bridgehead atoms. The minimum Gasteiger partial charge on any atom is -0.478 e.